The van der Waals surface area contributed by atoms with Crippen LogP contribution in [0.1, 0.15) is 39.2 Å². The van der Waals surface area contributed by atoms with Gasteiger partial charge in [0.15, 0.2) is 5.82 Å². The molecule has 35 heavy (non-hydrogen) atoms. The van der Waals surface area contributed by atoms with Gasteiger partial charge in [0.25, 0.3) is 0 Å². The molecule has 9 heteroatoms. The maximum atomic E-state index is 12.1. The summed E-state index contributed by atoms with van der Waals surface area (Å²) in [7, 11) is 0. The lowest BCUT2D eigenvalue weighted by Crippen LogP contribution is -2.50. The van der Waals surface area contributed by atoms with Gasteiger partial charge in [0, 0.05) is 50.2 Å². The summed E-state index contributed by atoms with van der Waals surface area (Å²) in [5, 5.41) is 7.94. The average Bonchev–Trinajstić information content (AvgIpc) is 3.16. The van der Waals surface area contributed by atoms with Gasteiger partial charge >= 0.3 is 0 Å². The average molecular weight is 494 g/mol. The number of carbonyl (C=O) groups excluding carboxylic acids is 1. The normalized spacial score (nSPS) is 15.1. The van der Waals surface area contributed by atoms with E-state index in [1.165, 1.54) is 5.56 Å². The molecule has 0 aliphatic carbocycles. The van der Waals surface area contributed by atoms with Gasteiger partial charge in [-0.2, -0.15) is 0 Å². The van der Waals surface area contributed by atoms with Crippen LogP contribution in [0, 0.1) is 4.77 Å². The summed E-state index contributed by atoms with van der Waals surface area (Å²) in [6.45, 7) is 12.8. The molecule has 0 spiro atoms. The van der Waals surface area contributed by atoms with Crippen LogP contribution in [0.5, 0.6) is 0 Å². The monoisotopic (exact) mass is 493 g/mol. The Morgan fingerprint density at radius 3 is 2.40 bits per heavy atom. The van der Waals surface area contributed by atoms with Gasteiger partial charge in [-0.3, -0.25) is 24.1 Å². The maximum Gasteiger partial charge on any atom is 0.234 e. The fourth-order valence-corrected chi connectivity index (χ4v) is 4.71. The fraction of sp³-hybridized carbons (Fsp3) is 0.462. The van der Waals surface area contributed by atoms with Crippen LogP contribution in [-0.4, -0.2) is 73.8 Å². The van der Waals surface area contributed by atoms with Crippen LogP contribution in [0.3, 0.4) is 0 Å². The highest BCUT2D eigenvalue weighted by Gasteiger charge is 2.22. The van der Waals surface area contributed by atoms with Crippen LogP contribution in [0.2, 0.25) is 0 Å². The molecule has 1 aliphatic heterocycles. The highest BCUT2D eigenvalue weighted by atomic mass is 32.1. The number of amides is 1. The summed E-state index contributed by atoms with van der Waals surface area (Å²) in [6.07, 6.45) is 3.60. The number of nitrogens with zero attached hydrogens (tertiary/aromatic N) is 6. The number of pyridine rings is 1. The number of hydrogen-bond acceptors (Lipinski definition) is 6. The molecule has 2 aromatic heterocycles. The minimum atomic E-state index is 0.0827. The topological polar surface area (TPSA) is 71.2 Å². The lowest BCUT2D eigenvalue weighted by molar-refractivity contribution is -0.123. The molecule has 3 aromatic rings. The molecule has 3 heterocycles. The minimum Gasteiger partial charge on any atom is -0.353 e. The second-order valence-electron chi connectivity index (χ2n) is 9.65. The molecule has 0 atom stereocenters. The molecule has 186 valence electrons. The largest absolute Gasteiger partial charge is 0.353 e. The number of rotatable bonds is 8. The molecule has 0 radical (unpaired) electrons. The molecular formula is C26H35N7OS. The molecule has 1 N–H and O–H groups in total. The highest BCUT2D eigenvalue weighted by Crippen LogP contribution is 2.28. The Morgan fingerprint density at radius 1 is 1.03 bits per heavy atom. The smallest absolute Gasteiger partial charge is 0.234 e. The van der Waals surface area contributed by atoms with E-state index in [-0.39, 0.29) is 11.9 Å². The molecule has 0 unspecified atom stereocenters. The van der Waals surface area contributed by atoms with Crippen LogP contribution in [0.25, 0.3) is 17.1 Å². The lowest BCUT2D eigenvalue weighted by atomic mass is 10.0. The summed E-state index contributed by atoms with van der Waals surface area (Å²) in [6, 6.07) is 12.5. The Labute approximate surface area is 212 Å². The van der Waals surface area contributed by atoms with Crippen molar-refractivity contribution in [1.82, 2.24) is 34.4 Å². The van der Waals surface area contributed by atoms with Crippen LogP contribution in [0.4, 0.5) is 0 Å². The van der Waals surface area contributed by atoms with Crippen LogP contribution in [0.15, 0.2) is 48.8 Å². The fourth-order valence-electron chi connectivity index (χ4n) is 4.43. The predicted molar refractivity (Wildman–Crippen MR) is 141 cm³/mol. The standard InChI is InChI=1S/C26H35N7OS/c1-19(2)22-9-5-6-10-23(22)33-25(21-8-7-11-27-16-21)29-32(26(33)35)18-31-14-12-30(13-15-31)17-24(34)28-20(3)4/h5-11,16,19-20H,12-15,17-18H2,1-4H3,(H,28,34). The third-order valence-corrected chi connectivity index (χ3v) is 6.57. The summed E-state index contributed by atoms with van der Waals surface area (Å²) >= 11 is 5.98. The Bertz CT molecular complexity index is 1190. The second-order valence-corrected chi connectivity index (χ2v) is 10.0. The molecule has 1 aromatic carbocycles. The summed E-state index contributed by atoms with van der Waals surface area (Å²) in [5.41, 5.74) is 3.21. The molecule has 1 saturated heterocycles. The van der Waals surface area contributed by atoms with Crippen molar-refractivity contribution >= 4 is 18.1 Å². The number of para-hydroxylation sites is 1. The van der Waals surface area contributed by atoms with Crippen molar-refractivity contribution in [3.63, 3.8) is 0 Å². The van der Waals surface area contributed by atoms with Crippen molar-refractivity contribution in [1.29, 1.82) is 0 Å². The lowest BCUT2D eigenvalue weighted by Gasteiger charge is -2.34. The van der Waals surface area contributed by atoms with Crippen LogP contribution < -0.4 is 5.32 Å². The van der Waals surface area contributed by atoms with Crippen molar-refractivity contribution in [2.45, 2.75) is 46.3 Å². The first kappa shape index (κ1) is 25.2. The zero-order chi connectivity index (χ0) is 24.9. The third kappa shape index (κ3) is 6.04. The van der Waals surface area contributed by atoms with Gasteiger partial charge in [-0.05, 0) is 55.7 Å². The maximum absolute atomic E-state index is 12.1. The first-order chi connectivity index (χ1) is 16.8. The van der Waals surface area contributed by atoms with E-state index in [9.17, 15) is 4.79 Å². The van der Waals surface area contributed by atoms with Gasteiger partial charge in [0.05, 0.1) is 18.9 Å². The quantitative estimate of drug-likeness (QED) is 0.483. The Morgan fingerprint density at radius 2 is 1.74 bits per heavy atom. The molecule has 8 nitrogen and oxygen atoms in total. The van der Waals surface area contributed by atoms with E-state index < -0.39 is 0 Å². The number of aromatic nitrogens is 4. The zero-order valence-corrected chi connectivity index (χ0v) is 21.8. The van der Waals surface area contributed by atoms with Crippen molar-refractivity contribution in [3.8, 4) is 17.1 Å². The first-order valence-corrected chi connectivity index (χ1v) is 12.7. The minimum absolute atomic E-state index is 0.0827. The molecule has 4 rings (SSSR count). The van der Waals surface area contributed by atoms with E-state index in [1.54, 1.807) is 6.20 Å². The van der Waals surface area contributed by atoms with E-state index >= 15 is 0 Å². The number of piperazine rings is 1. The second kappa shape index (κ2) is 11.2. The molecular weight excluding hydrogens is 458 g/mol. The van der Waals surface area contributed by atoms with Gasteiger partial charge in [0.1, 0.15) is 0 Å². The van der Waals surface area contributed by atoms with Gasteiger partial charge in [-0.1, -0.05) is 32.0 Å². The number of benzene rings is 1. The Hall–Kier alpha value is -2.88. The van der Waals surface area contributed by atoms with Crippen molar-refractivity contribution in [3.05, 3.63) is 59.1 Å². The number of carbonyl (C=O) groups is 1. The Balaban J connectivity index is 1.58. The van der Waals surface area contributed by atoms with Crippen molar-refractivity contribution in [2.75, 3.05) is 32.7 Å². The van der Waals surface area contributed by atoms with E-state index in [4.69, 9.17) is 17.3 Å². The first-order valence-electron chi connectivity index (χ1n) is 12.3. The molecule has 1 fully saturated rings. The van der Waals surface area contributed by atoms with Gasteiger partial charge in [-0.25, -0.2) is 4.68 Å². The molecule has 1 amide bonds. The third-order valence-electron chi connectivity index (χ3n) is 6.17. The summed E-state index contributed by atoms with van der Waals surface area (Å²) in [5.74, 6) is 1.22. The number of nitrogens with one attached hydrogen (secondary N) is 1. The highest BCUT2D eigenvalue weighted by molar-refractivity contribution is 7.71. The molecule has 0 saturated carbocycles. The predicted octanol–water partition coefficient (Wildman–Crippen LogP) is 3.69. The molecule has 0 bridgehead atoms. The SMILES string of the molecule is CC(C)NC(=O)CN1CCN(Cn2nc(-c3cccnc3)n(-c3ccccc3C(C)C)c2=S)CC1. The summed E-state index contributed by atoms with van der Waals surface area (Å²) in [4.78, 5) is 21.0. The van der Waals surface area contributed by atoms with Crippen molar-refractivity contribution in [2.24, 2.45) is 0 Å². The summed E-state index contributed by atoms with van der Waals surface area (Å²) < 4.78 is 4.65. The van der Waals surface area contributed by atoms with Crippen LogP contribution in [-0.2, 0) is 11.5 Å². The van der Waals surface area contributed by atoms with E-state index in [1.807, 2.05) is 42.9 Å². The Kier molecular flexibility index (Phi) is 8.10. The van der Waals surface area contributed by atoms with Crippen LogP contribution >= 0.6 is 12.2 Å². The number of hydrogen-bond donors (Lipinski definition) is 1. The van der Waals surface area contributed by atoms with Crippen molar-refractivity contribution < 1.29 is 4.79 Å². The van der Waals surface area contributed by atoms with Gasteiger partial charge in [-0.15, -0.1) is 5.10 Å². The molecule has 1 aliphatic rings. The van der Waals surface area contributed by atoms with E-state index in [0.29, 0.717) is 23.9 Å². The van der Waals surface area contributed by atoms with Gasteiger partial charge in [0.2, 0.25) is 10.7 Å². The van der Waals surface area contributed by atoms with E-state index in [0.717, 1.165) is 43.3 Å². The van der Waals surface area contributed by atoms with Gasteiger partial charge < -0.3 is 5.32 Å². The van der Waals surface area contributed by atoms with E-state index in [2.05, 4.69) is 56.7 Å². The zero-order valence-electron chi connectivity index (χ0n) is 21.0.